The standard InChI is InChI=1S/NO3.2H3N.Pt/c2-1(3)4;;;/h;2*1H3;/q-1;;;+2. The molecule has 48 valence electrons. The molecule has 0 saturated heterocycles. The van der Waals surface area contributed by atoms with E-state index < -0.39 is 5.09 Å². The molecule has 0 radical (unpaired) electrons. The van der Waals surface area contributed by atoms with Gasteiger partial charge in [-0.15, -0.1) is 0 Å². The summed E-state index contributed by atoms with van der Waals surface area (Å²) in [5.41, 5.74) is 0. The SMILES string of the molecule is N.N.O=[N+]([O-])[O-].[Pt+2]. The number of hydrogen-bond acceptors (Lipinski definition) is 5. The molecule has 0 atom stereocenters. The summed E-state index contributed by atoms with van der Waals surface area (Å²) in [6, 6.07) is 0. The molecule has 0 bridgehead atoms. The Morgan fingerprint density at radius 3 is 1.14 bits per heavy atom. The van der Waals surface area contributed by atoms with Crippen LogP contribution in [0, 0.1) is 15.3 Å². The summed E-state index contributed by atoms with van der Waals surface area (Å²) in [6.45, 7) is 0. The largest absolute Gasteiger partial charge is 2.00 e. The Morgan fingerprint density at radius 1 is 1.14 bits per heavy atom. The minimum atomic E-state index is -1.75. The van der Waals surface area contributed by atoms with Crippen LogP contribution in [0.15, 0.2) is 0 Å². The van der Waals surface area contributed by atoms with Crippen LogP contribution < -0.4 is 12.3 Å². The Bertz CT molecular complexity index is 33.2. The molecule has 7 heavy (non-hydrogen) atoms. The predicted octanol–water partition coefficient (Wildman–Crippen LogP) is 0.0824. The van der Waals surface area contributed by atoms with Gasteiger partial charge < -0.3 is 27.6 Å². The molecule has 6 N–H and O–H groups in total. The number of nitrogens with zero attached hydrogens (tertiary/aromatic N) is 1. The fraction of sp³-hybridized carbons (Fsp3) is 0. The molecule has 0 fully saturated rings. The first-order valence-corrected chi connectivity index (χ1v) is 0.548. The molecule has 0 aliphatic carbocycles. The van der Waals surface area contributed by atoms with Crippen LogP contribution in [0.25, 0.3) is 0 Å². The van der Waals surface area contributed by atoms with E-state index in [0.29, 0.717) is 0 Å². The van der Waals surface area contributed by atoms with Crippen molar-refractivity contribution in [2.24, 2.45) is 0 Å². The van der Waals surface area contributed by atoms with E-state index in [1.54, 1.807) is 0 Å². The smallest absolute Gasteiger partial charge is 0.356 e. The predicted molar refractivity (Wildman–Crippen MR) is 20.4 cm³/mol. The molecule has 0 rings (SSSR count). The number of hydrogen-bond donors (Lipinski definition) is 2. The quantitative estimate of drug-likeness (QED) is 0.481. The van der Waals surface area contributed by atoms with Crippen LogP contribution in [0.1, 0.15) is 0 Å². The summed E-state index contributed by atoms with van der Waals surface area (Å²) in [7, 11) is 0. The third-order valence-electron chi connectivity index (χ3n) is 0. The minimum absolute atomic E-state index is 0. The maximum absolute atomic E-state index is 8.25. The Hall–Kier alpha value is -0.192. The zero-order valence-corrected chi connectivity index (χ0v) is 5.67. The molecule has 0 aliphatic heterocycles. The Morgan fingerprint density at radius 2 is 1.14 bits per heavy atom. The molecular formula is H6N3O3Pt+. The van der Waals surface area contributed by atoms with Crippen LogP contribution in [0.5, 0.6) is 0 Å². The Kier molecular flexibility index (Phi) is 70.8. The van der Waals surface area contributed by atoms with Gasteiger partial charge >= 0.3 is 21.1 Å². The van der Waals surface area contributed by atoms with E-state index in [0.717, 1.165) is 0 Å². The first-order chi connectivity index (χ1) is 1.73. The fourth-order valence-electron chi connectivity index (χ4n) is 0. The molecule has 0 unspecified atom stereocenters. The van der Waals surface area contributed by atoms with E-state index in [1.165, 1.54) is 0 Å². The molecule has 0 amide bonds. The van der Waals surface area contributed by atoms with Crippen molar-refractivity contribution in [3.63, 3.8) is 0 Å². The van der Waals surface area contributed by atoms with E-state index >= 15 is 0 Å². The molecule has 6 nitrogen and oxygen atoms in total. The molecule has 0 aliphatic rings. The third kappa shape index (κ3) is 2290. The summed E-state index contributed by atoms with van der Waals surface area (Å²) in [5.74, 6) is 0. The normalized spacial score (nSPS) is 3.43. The van der Waals surface area contributed by atoms with Gasteiger partial charge in [-0.05, 0) is 0 Å². The average Bonchev–Trinajstić information content (AvgIpc) is 0.811. The first kappa shape index (κ1) is 29.1. The van der Waals surface area contributed by atoms with Gasteiger partial charge in [-0.25, -0.2) is 0 Å². The van der Waals surface area contributed by atoms with Gasteiger partial charge in [-0.3, -0.25) is 0 Å². The van der Waals surface area contributed by atoms with E-state index in [2.05, 4.69) is 0 Å². The van der Waals surface area contributed by atoms with Gasteiger partial charge in [0, 0.05) is 0 Å². The molecule has 0 aromatic rings. The van der Waals surface area contributed by atoms with Crippen LogP contribution in [-0.2, 0) is 21.1 Å². The van der Waals surface area contributed by atoms with Crippen molar-refractivity contribution in [1.29, 1.82) is 0 Å². The summed E-state index contributed by atoms with van der Waals surface area (Å²) >= 11 is 0. The summed E-state index contributed by atoms with van der Waals surface area (Å²) in [4.78, 5) is 8.25. The van der Waals surface area contributed by atoms with Crippen LogP contribution in [0.2, 0.25) is 0 Å². The molecule has 0 spiro atoms. The molecular weight excluding hydrogens is 285 g/mol. The van der Waals surface area contributed by atoms with Crippen molar-refractivity contribution in [2.45, 2.75) is 0 Å². The van der Waals surface area contributed by atoms with Crippen molar-refractivity contribution in [1.82, 2.24) is 12.3 Å². The zero-order chi connectivity index (χ0) is 3.58. The molecule has 0 aromatic heterocycles. The molecule has 0 aromatic carbocycles. The Labute approximate surface area is 54.4 Å². The second-order valence-electron chi connectivity index (χ2n) is 0.224. The molecule has 7 heteroatoms. The Balaban J connectivity index is -0.0000000150. The first-order valence-electron chi connectivity index (χ1n) is 0.548. The van der Waals surface area contributed by atoms with Crippen LogP contribution in [-0.4, -0.2) is 5.09 Å². The van der Waals surface area contributed by atoms with Gasteiger partial charge in [0.25, 0.3) is 0 Å². The van der Waals surface area contributed by atoms with Crippen molar-refractivity contribution < 1.29 is 26.2 Å². The van der Waals surface area contributed by atoms with Crippen molar-refractivity contribution in [3.05, 3.63) is 15.3 Å². The van der Waals surface area contributed by atoms with Gasteiger partial charge in [0.1, 0.15) is 0 Å². The van der Waals surface area contributed by atoms with Crippen LogP contribution in [0.3, 0.4) is 0 Å². The maximum Gasteiger partial charge on any atom is 2.00 e. The summed E-state index contributed by atoms with van der Waals surface area (Å²) in [5, 5.41) is 14.8. The van der Waals surface area contributed by atoms with Gasteiger partial charge in [-0.1, -0.05) is 0 Å². The zero-order valence-electron chi connectivity index (χ0n) is 3.40. The summed E-state index contributed by atoms with van der Waals surface area (Å²) < 4.78 is 0. The summed E-state index contributed by atoms with van der Waals surface area (Å²) in [6.07, 6.45) is 0. The van der Waals surface area contributed by atoms with Crippen molar-refractivity contribution in [2.75, 3.05) is 0 Å². The van der Waals surface area contributed by atoms with E-state index in [-0.39, 0.29) is 33.4 Å². The van der Waals surface area contributed by atoms with Gasteiger partial charge in [0.15, 0.2) is 0 Å². The second kappa shape index (κ2) is 17.0. The van der Waals surface area contributed by atoms with Crippen LogP contribution in [0.4, 0.5) is 0 Å². The monoisotopic (exact) mass is 291 g/mol. The average molecular weight is 291 g/mol. The van der Waals surface area contributed by atoms with Crippen LogP contribution >= 0.6 is 0 Å². The van der Waals surface area contributed by atoms with Crippen molar-refractivity contribution in [3.8, 4) is 0 Å². The molecule has 0 saturated carbocycles. The molecule has 0 heterocycles. The fourth-order valence-corrected chi connectivity index (χ4v) is 0. The van der Waals surface area contributed by atoms with E-state index in [4.69, 9.17) is 15.3 Å². The van der Waals surface area contributed by atoms with E-state index in [9.17, 15) is 0 Å². The topological polar surface area (TPSA) is 136 Å². The van der Waals surface area contributed by atoms with Gasteiger partial charge in [0.05, 0.1) is 5.09 Å². The maximum atomic E-state index is 8.25. The van der Waals surface area contributed by atoms with Crippen molar-refractivity contribution >= 4 is 0 Å². The minimum Gasteiger partial charge on any atom is -0.356 e. The third-order valence-corrected chi connectivity index (χ3v) is 0. The second-order valence-corrected chi connectivity index (χ2v) is 0.224. The van der Waals surface area contributed by atoms with Gasteiger partial charge in [-0.2, -0.15) is 0 Å². The van der Waals surface area contributed by atoms with E-state index in [1.807, 2.05) is 0 Å². The number of rotatable bonds is 0. The van der Waals surface area contributed by atoms with Gasteiger partial charge in [0.2, 0.25) is 0 Å².